The summed E-state index contributed by atoms with van der Waals surface area (Å²) in [4.78, 5) is 3.61. The minimum absolute atomic E-state index is 0.00666. The van der Waals surface area contributed by atoms with Gasteiger partial charge in [0.15, 0.2) is 0 Å². The summed E-state index contributed by atoms with van der Waals surface area (Å²) in [5.41, 5.74) is 4.38. The van der Waals surface area contributed by atoms with Gasteiger partial charge in [0.05, 0.1) is 4.90 Å². The quantitative estimate of drug-likeness (QED) is 0.590. The van der Waals surface area contributed by atoms with Gasteiger partial charge in [-0.1, -0.05) is 50.6 Å². The van der Waals surface area contributed by atoms with Gasteiger partial charge in [-0.05, 0) is 53.3 Å². The van der Waals surface area contributed by atoms with Gasteiger partial charge in [-0.15, -0.1) is 0 Å². The molecule has 29 heavy (non-hydrogen) atoms. The zero-order valence-corrected chi connectivity index (χ0v) is 18.4. The van der Waals surface area contributed by atoms with Crippen LogP contribution in [-0.2, 0) is 15.4 Å². The molecule has 0 spiro atoms. The first kappa shape index (κ1) is 20.2. The summed E-state index contributed by atoms with van der Waals surface area (Å²) in [6.45, 7) is 7.18. The molecule has 3 aromatic rings. The zero-order chi connectivity index (χ0) is 20.8. The number of sulfonamides is 1. The molecule has 4 rings (SSSR count). The maximum Gasteiger partial charge on any atom is 0.243 e. The molecule has 0 fully saturated rings. The van der Waals surface area contributed by atoms with Crippen molar-refractivity contribution in [1.29, 1.82) is 0 Å². The van der Waals surface area contributed by atoms with Crippen molar-refractivity contribution in [3.05, 3.63) is 70.9 Å². The van der Waals surface area contributed by atoms with Crippen LogP contribution < -0.4 is 0 Å². The minimum Gasteiger partial charge on any atom is -0.361 e. The topological polar surface area (TPSA) is 53.2 Å². The monoisotopic (exact) mass is 428 g/mol. The number of aromatic amines is 1. The van der Waals surface area contributed by atoms with Gasteiger partial charge in [-0.3, -0.25) is 0 Å². The number of rotatable bonds is 3. The summed E-state index contributed by atoms with van der Waals surface area (Å²) in [5, 5.41) is 1.76. The Morgan fingerprint density at radius 2 is 1.79 bits per heavy atom. The van der Waals surface area contributed by atoms with Crippen molar-refractivity contribution in [1.82, 2.24) is 9.29 Å². The lowest BCUT2D eigenvalue weighted by molar-refractivity contribution is 0.441. The number of hydrogen-bond acceptors (Lipinski definition) is 2. The minimum atomic E-state index is -3.51. The molecule has 1 aliphatic heterocycles. The van der Waals surface area contributed by atoms with Gasteiger partial charge < -0.3 is 4.98 Å². The highest BCUT2D eigenvalue weighted by Gasteiger charge is 2.27. The maximum absolute atomic E-state index is 13.1. The second-order valence-electron chi connectivity index (χ2n) is 8.51. The molecule has 6 heteroatoms. The predicted molar refractivity (Wildman–Crippen MR) is 120 cm³/mol. The summed E-state index contributed by atoms with van der Waals surface area (Å²) in [5.74, 6) is 0. The number of benzene rings is 2. The summed E-state index contributed by atoms with van der Waals surface area (Å²) < 4.78 is 27.7. The average Bonchev–Trinajstić information content (AvgIpc) is 3.10. The van der Waals surface area contributed by atoms with Crippen molar-refractivity contribution in [2.24, 2.45) is 0 Å². The van der Waals surface area contributed by atoms with Crippen molar-refractivity contribution in [2.45, 2.75) is 37.5 Å². The lowest BCUT2D eigenvalue weighted by Gasteiger charge is -2.26. The molecule has 0 saturated carbocycles. The van der Waals surface area contributed by atoms with E-state index < -0.39 is 10.0 Å². The molecule has 0 amide bonds. The summed E-state index contributed by atoms with van der Waals surface area (Å²) in [7, 11) is -3.51. The third-order valence-electron chi connectivity index (χ3n) is 5.52. The lowest BCUT2D eigenvalue weighted by atomic mass is 9.87. The van der Waals surface area contributed by atoms with Crippen molar-refractivity contribution in [2.75, 3.05) is 13.1 Å². The van der Waals surface area contributed by atoms with Crippen LogP contribution in [0.2, 0.25) is 5.02 Å². The van der Waals surface area contributed by atoms with E-state index in [4.69, 9.17) is 11.6 Å². The third-order valence-corrected chi connectivity index (χ3v) is 7.63. The van der Waals surface area contributed by atoms with Gasteiger partial charge in [-0.25, -0.2) is 8.42 Å². The van der Waals surface area contributed by atoms with E-state index in [1.165, 1.54) is 0 Å². The van der Waals surface area contributed by atoms with Gasteiger partial charge >= 0.3 is 0 Å². The van der Waals surface area contributed by atoms with Crippen LogP contribution in [-0.4, -0.2) is 30.8 Å². The van der Waals surface area contributed by atoms with Gasteiger partial charge in [0.2, 0.25) is 10.0 Å². The zero-order valence-electron chi connectivity index (χ0n) is 16.9. The number of H-pyrrole nitrogens is 1. The molecule has 0 unspecified atom stereocenters. The number of nitrogens with zero attached hydrogens (tertiary/aromatic N) is 1. The van der Waals surface area contributed by atoms with Gasteiger partial charge in [0.1, 0.15) is 0 Å². The van der Waals surface area contributed by atoms with Crippen LogP contribution in [0.5, 0.6) is 0 Å². The second-order valence-corrected chi connectivity index (χ2v) is 10.9. The molecule has 0 bridgehead atoms. The number of nitrogens with one attached hydrogen (secondary N) is 1. The number of halogens is 1. The summed E-state index contributed by atoms with van der Waals surface area (Å²) >= 11 is 6.16. The van der Waals surface area contributed by atoms with E-state index in [1.807, 2.05) is 42.6 Å². The molecular weight excluding hydrogens is 404 g/mol. The SMILES string of the molecule is CC(C)(C)c1ccc(S(=O)(=O)N2CC=C(c3c[nH]c4ccc(Cl)cc34)CC2)cc1. The van der Waals surface area contributed by atoms with Crippen LogP contribution in [0.25, 0.3) is 16.5 Å². The van der Waals surface area contributed by atoms with E-state index in [0.29, 0.717) is 29.4 Å². The fraction of sp³-hybridized carbons (Fsp3) is 0.304. The van der Waals surface area contributed by atoms with Gasteiger partial charge in [0.25, 0.3) is 0 Å². The highest BCUT2D eigenvalue weighted by molar-refractivity contribution is 7.89. The van der Waals surface area contributed by atoms with Crippen LogP contribution in [0, 0.1) is 0 Å². The third kappa shape index (κ3) is 3.87. The summed E-state index contributed by atoms with van der Waals surface area (Å²) in [6.07, 6.45) is 4.65. The van der Waals surface area contributed by atoms with E-state index in [0.717, 1.165) is 27.6 Å². The molecule has 0 atom stereocenters. The smallest absolute Gasteiger partial charge is 0.243 e. The average molecular weight is 429 g/mol. The molecule has 2 aromatic carbocycles. The van der Waals surface area contributed by atoms with Crippen molar-refractivity contribution < 1.29 is 8.42 Å². The van der Waals surface area contributed by atoms with Crippen LogP contribution in [0.15, 0.2) is 59.6 Å². The van der Waals surface area contributed by atoms with Crippen molar-refractivity contribution in [3.63, 3.8) is 0 Å². The van der Waals surface area contributed by atoms with Gasteiger partial charge in [0, 0.05) is 40.8 Å². The van der Waals surface area contributed by atoms with Gasteiger partial charge in [-0.2, -0.15) is 4.31 Å². The number of fused-ring (bicyclic) bond motifs is 1. The van der Waals surface area contributed by atoms with E-state index in [9.17, 15) is 8.42 Å². The first-order valence-corrected chi connectivity index (χ1v) is 11.5. The standard InChI is InChI=1S/C23H25ClN2O2S/c1-23(2,3)17-4-7-19(8-5-17)29(27,28)26-12-10-16(11-13-26)21-15-25-22-9-6-18(24)14-20(21)22/h4-10,14-15,25H,11-13H2,1-3H3. The Bertz CT molecular complexity index is 1190. The Balaban J connectivity index is 1.57. The first-order valence-electron chi connectivity index (χ1n) is 9.73. The largest absolute Gasteiger partial charge is 0.361 e. The van der Waals surface area contributed by atoms with Crippen LogP contribution in [0.4, 0.5) is 0 Å². The molecule has 0 saturated heterocycles. The Hall–Kier alpha value is -2.08. The highest BCUT2D eigenvalue weighted by Crippen LogP contribution is 2.32. The highest BCUT2D eigenvalue weighted by atomic mass is 35.5. The first-order chi connectivity index (χ1) is 13.7. The van der Waals surface area contributed by atoms with Crippen LogP contribution in [0.3, 0.4) is 0 Å². The maximum atomic E-state index is 13.1. The molecule has 2 heterocycles. The fourth-order valence-electron chi connectivity index (χ4n) is 3.75. The van der Waals surface area contributed by atoms with E-state index in [1.54, 1.807) is 16.4 Å². The van der Waals surface area contributed by atoms with E-state index in [2.05, 4.69) is 25.8 Å². The molecule has 152 valence electrons. The van der Waals surface area contributed by atoms with Crippen molar-refractivity contribution in [3.8, 4) is 0 Å². The molecular formula is C23H25ClN2O2S. The molecule has 1 aliphatic rings. The molecule has 4 nitrogen and oxygen atoms in total. The molecule has 0 radical (unpaired) electrons. The van der Waals surface area contributed by atoms with Crippen LogP contribution in [0.1, 0.15) is 38.3 Å². The predicted octanol–water partition coefficient (Wildman–Crippen LogP) is 5.60. The molecule has 1 N–H and O–H groups in total. The Morgan fingerprint density at radius 3 is 2.41 bits per heavy atom. The Morgan fingerprint density at radius 1 is 1.07 bits per heavy atom. The van der Waals surface area contributed by atoms with E-state index >= 15 is 0 Å². The molecule has 1 aromatic heterocycles. The van der Waals surface area contributed by atoms with E-state index in [-0.39, 0.29) is 5.41 Å². The lowest BCUT2D eigenvalue weighted by Crippen LogP contribution is -2.34. The summed E-state index contributed by atoms with van der Waals surface area (Å²) in [6, 6.07) is 13.0. The number of hydrogen-bond donors (Lipinski definition) is 1. The Kier molecular flexibility index (Phi) is 5.09. The fourth-order valence-corrected chi connectivity index (χ4v) is 5.30. The number of aromatic nitrogens is 1. The Labute approximate surface area is 177 Å². The normalized spacial score (nSPS) is 16.2. The molecule has 0 aliphatic carbocycles. The van der Waals surface area contributed by atoms with Crippen LogP contribution >= 0.6 is 11.6 Å². The second kappa shape index (κ2) is 7.31. The van der Waals surface area contributed by atoms with Crippen molar-refractivity contribution >= 4 is 38.1 Å².